The molecule has 0 unspecified atom stereocenters. The van der Waals surface area contributed by atoms with Crippen molar-refractivity contribution in [1.29, 1.82) is 0 Å². The van der Waals surface area contributed by atoms with Gasteiger partial charge in [-0.1, -0.05) is 182 Å². The Kier molecular flexibility index (Phi) is 8.53. The van der Waals surface area contributed by atoms with Gasteiger partial charge in [0.1, 0.15) is 11.5 Å². The molecule has 62 heavy (non-hydrogen) atoms. The van der Waals surface area contributed by atoms with E-state index in [-0.39, 0.29) is 0 Å². The van der Waals surface area contributed by atoms with E-state index in [1.807, 2.05) is 0 Å². The molecule has 0 saturated carbocycles. The highest BCUT2D eigenvalue weighted by molar-refractivity contribution is 6.14. The van der Waals surface area contributed by atoms with Crippen LogP contribution < -0.4 is 9.64 Å². The fourth-order valence-corrected chi connectivity index (χ4v) is 9.55. The van der Waals surface area contributed by atoms with Gasteiger partial charge in [0.2, 0.25) is 0 Å². The van der Waals surface area contributed by atoms with Crippen molar-refractivity contribution in [3.63, 3.8) is 0 Å². The number of fused-ring (bicyclic) bond motifs is 10. The van der Waals surface area contributed by atoms with Crippen LogP contribution in [0.1, 0.15) is 0 Å². The Hall–Kier alpha value is -8.20. The van der Waals surface area contributed by atoms with Gasteiger partial charge in [-0.05, 0) is 126 Å². The summed E-state index contributed by atoms with van der Waals surface area (Å²) in [5.74, 6) is 1.71. The fourth-order valence-electron chi connectivity index (χ4n) is 9.55. The average molecular weight is 790 g/mol. The molecule has 1 aliphatic heterocycles. The van der Waals surface area contributed by atoms with Crippen LogP contribution in [0.2, 0.25) is 0 Å². The third-order valence-electron chi connectivity index (χ3n) is 12.5. The maximum atomic E-state index is 6.84. The zero-order chi connectivity index (χ0) is 41.0. The van der Waals surface area contributed by atoms with Crippen molar-refractivity contribution in [2.45, 2.75) is 0 Å². The summed E-state index contributed by atoms with van der Waals surface area (Å²) in [6.07, 6.45) is 0. The van der Waals surface area contributed by atoms with Crippen molar-refractivity contribution < 1.29 is 4.74 Å². The molecule has 0 aromatic heterocycles. The standard InChI is InChI=1S/C60H39NO/c1-3-14-40(15-4-1)41-26-31-46(32-27-41)61(47-33-28-43(29-34-47)56-39-44-18-7-8-19-49(44)52-20-9-10-21-53(52)56)48-35-36-51-45(38-48)30-37-58-60(51)55-24-13-23-50(42-16-5-2-6-17-42)59(55)54-22-11-12-25-57(54)62-58/h1-39H. The lowest BCUT2D eigenvalue weighted by Crippen LogP contribution is -2.10. The van der Waals surface area contributed by atoms with E-state index >= 15 is 0 Å². The highest BCUT2D eigenvalue weighted by Gasteiger charge is 2.26. The predicted octanol–water partition coefficient (Wildman–Crippen LogP) is 17.1. The molecule has 0 aliphatic carbocycles. The van der Waals surface area contributed by atoms with E-state index in [1.54, 1.807) is 0 Å². The van der Waals surface area contributed by atoms with Crippen LogP contribution in [0.5, 0.6) is 11.5 Å². The lowest BCUT2D eigenvalue weighted by Gasteiger charge is -2.27. The summed E-state index contributed by atoms with van der Waals surface area (Å²) in [7, 11) is 0. The van der Waals surface area contributed by atoms with Gasteiger partial charge in [0, 0.05) is 33.8 Å². The Labute approximate surface area is 361 Å². The van der Waals surface area contributed by atoms with E-state index in [2.05, 4.69) is 241 Å². The maximum Gasteiger partial charge on any atom is 0.135 e. The van der Waals surface area contributed by atoms with Crippen LogP contribution in [-0.2, 0) is 0 Å². The molecule has 0 N–H and O–H groups in total. The van der Waals surface area contributed by atoms with Gasteiger partial charge < -0.3 is 9.64 Å². The fraction of sp³-hybridized carbons (Fsp3) is 0. The molecule has 0 bridgehead atoms. The monoisotopic (exact) mass is 789 g/mol. The molecule has 290 valence electrons. The maximum absolute atomic E-state index is 6.84. The molecule has 0 fully saturated rings. The van der Waals surface area contributed by atoms with Crippen LogP contribution in [0.15, 0.2) is 237 Å². The first-order valence-electron chi connectivity index (χ1n) is 21.2. The van der Waals surface area contributed by atoms with Gasteiger partial charge in [-0.2, -0.15) is 0 Å². The summed E-state index contributed by atoms with van der Waals surface area (Å²) >= 11 is 0. The van der Waals surface area contributed by atoms with Crippen LogP contribution >= 0.6 is 0 Å². The molecule has 2 nitrogen and oxygen atoms in total. The highest BCUT2D eigenvalue weighted by atomic mass is 16.5. The summed E-state index contributed by atoms with van der Waals surface area (Å²) in [6, 6.07) is 85.3. The number of ether oxygens (including phenoxy) is 1. The van der Waals surface area contributed by atoms with Gasteiger partial charge in [0.15, 0.2) is 0 Å². The molecule has 0 radical (unpaired) electrons. The van der Waals surface area contributed by atoms with Gasteiger partial charge in [-0.25, -0.2) is 0 Å². The van der Waals surface area contributed by atoms with E-state index in [0.717, 1.165) is 56.0 Å². The molecule has 1 aliphatic rings. The number of nitrogens with zero attached hydrogens (tertiary/aromatic N) is 1. The first-order valence-corrected chi connectivity index (χ1v) is 21.2. The first kappa shape index (κ1) is 35.7. The minimum Gasteiger partial charge on any atom is -0.456 e. The van der Waals surface area contributed by atoms with Crippen LogP contribution in [0.4, 0.5) is 17.1 Å². The summed E-state index contributed by atoms with van der Waals surface area (Å²) in [5, 5.41) is 7.32. The van der Waals surface area contributed by atoms with Crippen LogP contribution in [0, 0.1) is 0 Å². The Morgan fingerprint density at radius 2 is 0.806 bits per heavy atom. The van der Waals surface area contributed by atoms with Gasteiger partial charge in [0.05, 0.1) is 0 Å². The van der Waals surface area contributed by atoms with Crippen LogP contribution in [-0.4, -0.2) is 0 Å². The quantitative estimate of drug-likeness (QED) is 0.156. The van der Waals surface area contributed by atoms with E-state index in [4.69, 9.17) is 4.74 Å². The van der Waals surface area contributed by atoms with Gasteiger partial charge >= 0.3 is 0 Å². The van der Waals surface area contributed by atoms with Crippen molar-refractivity contribution in [2.24, 2.45) is 0 Å². The lowest BCUT2D eigenvalue weighted by atomic mass is 9.86. The molecule has 11 aromatic carbocycles. The minimum absolute atomic E-state index is 0.854. The zero-order valence-corrected chi connectivity index (χ0v) is 33.9. The average Bonchev–Trinajstić information content (AvgIpc) is 3.49. The topological polar surface area (TPSA) is 12.5 Å². The molecular weight excluding hydrogens is 751 g/mol. The summed E-state index contributed by atoms with van der Waals surface area (Å²) in [5.41, 5.74) is 14.9. The van der Waals surface area contributed by atoms with Crippen molar-refractivity contribution >= 4 is 49.4 Å². The highest BCUT2D eigenvalue weighted by Crippen LogP contribution is 2.52. The normalized spacial score (nSPS) is 11.7. The number of hydrogen-bond acceptors (Lipinski definition) is 2. The van der Waals surface area contributed by atoms with Gasteiger partial charge in [-0.15, -0.1) is 0 Å². The van der Waals surface area contributed by atoms with Crippen LogP contribution in [0.3, 0.4) is 0 Å². The minimum atomic E-state index is 0.854. The lowest BCUT2D eigenvalue weighted by molar-refractivity contribution is 0.488. The molecule has 12 rings (SSSR count). The zero-order valence-electron chi connectivity index (χ0n) is 33.9. The van der Waals surface area contributed by atoms with Crippen molar-refractivity contribution in [2.75, 3.05) is 4.90 Å². The van der Waals surface area contributed by atoms with Gasteiger partial charge in [0.25, 0.3) is 0 Å². The third kappa shape index (κ3) is 6.04. The molecule has 1 heterocycles. The van der Waals surface area contributed by atoms with Gasteiger partial charge in [-0.3, -0.25) is 0 Å². The van der Waals surface area contributed by atoms with E-state index in [9.17, 15) is 0 Å². The van der Waals surface area contributed by atoms with Crippen molar-refractivity contribution in [3.8, 4) is 67.1 Å². The SMILES string of the molecule is c1ccc(-c2ccc(N(c3ccc(-c4cc5ccccc5c5ccccc45)cc3)c3ccc4c5c(ccc4c3)Oc3ccccc3-c3c(-c4ccccc4)cccc3-5)cc2)cc1. The first-order chi connectivity index (χ1) is 30.7. The number of rotatable bonds is 6. The third-order valence-corrected chi connectivity index (χ3v) is 12.5. The molecule has 0 spiro atoms. The van der Waals surface area contributed by atoms with Crippen molar-refractivity contribution in [3.05, 3.63) is 237 Å². The number of hydrogen-bond donors (Lipinski definition) is 0. The van der Waals surface area contributed by atoms with E-state index in [0.29, 0.717) is 0 Å². The van der Waals surface area contributed by atoms with Crippen molar-refractivity contribution in [1.82, 2.24) is 0 Å². The smallest absolute Gasteiger partial charge is 0.135 e. The number of benzene rings is 11. The number of para-hydroxylation sites is 1. The van der Waals surface area contributed by atoms with E-state index in [1.165, 1.54) is 60.5 Å². The molecule has 2 heteroatoms. The molecule has 0 atom stereocenters. The van der Waals surface area contributed by atoms with E-state index < -0.39 is 0 Å². The second-order valence-corrected chi connectivity index (χ2v) is 16.0. The Bertz CT molecular complexity index is 3460. The summed E-state index contributed by atoms with van der Waals surface area (Å²) < 4.78 is 6.84. The largest absolute Gasteiger partial charge is 0.456 e. The molecule has 11 aromatic rings. The molecule has 0 saturated heterocycles. The molecule has 0 amide bonds. The molecular formula is C60H39NO. The Morgan fingerprint density at radius 1 is 0.258 bits per heavy atom. The number of anilines is 3. The Balaban J connectivity index is 1.01. The second-order valence-electron chi connectivity index (χ2n) is 16.0. The predicted molar refractivity (Wildman–Crippen MR) is 261 cm³/mol. The second kappa shape index (κ2) is 14.8. The van der Waals surface area contributed by atoms with Crippen LogP contribution in [0.25, 0.3) is 88.0 Å². The summed E-state index contributed by atoms with van der Waals surface area (Å²) in [6.45, 7) is 0. The summed E-state index contributed by atoms with van der Waals surface area (Å²) in [4.78, 5) is 2.37. The Morgan fingerprint density at radius 3 is 1.58 bits per heavy atom.